The summed E-state index contributed by atoms with van der Waals surface area (Å²) in [6.45, 7) is 2.87. The molecule has 0 aliphatic carbocycles. The van der Waals surface area contributed by atoms with Gasteiger partial charge in [-0.2, -0.15) is 4.98 Å². The number of fused-ring (bicyclic) bond motifs is 1. The van der Waals surface area contributed by atoms with Crippen molar-refractivity contribution in [3.8, 4) is 5.75 Å². The Morgan fingerprint density at radius 1 is 1.27 bits per heavy atom. The summed E-state index contributed by atoms with van der Waals surface area (Å²) in [5.41, 5.74) is 0.240. The summed E-state index contributed by atoms with van der Waals surface area (Å²) in [4.78, 5) is 47.6. The average Bonchev–Trinajstić information content (AvgIpc) is 2.73. The smallest absolute Gasteiger partial charge is 0.258 e. The summed E-state index contributed by atoms with van der Waals surface area (Å²) in [6.07, 6.45) is 3.03. The number of carbonyl (C=O) groups excluding carboxylic acids is 2. The minimum atomic E-state index is -0.942. The van der Waals surface area contributed by atoms with Gasteiger partial charge in [-0.25, -0.2) is 0 Å². The fourth-order valence-electron chi connectivity index (χ4n) is 4.10. The van der Waals surface area contributed by atoms with Gasteiger partial charge in [0.05, 0.1) is 24.3 Å². The molecule has 3 heterocycles. The first-order valence-corrected chi connectivity index (χ1v) is 10.1. The molecule has 0 saturated carbocycles. The van der Waals surface area contributed by atoms with Crippen molar-refractivity contribution in [1.82, 2.24) is 9.97 Å². The predicted molar refractivity (Wildman–Crippen MR) is 113 cm³/mol. The van der Waals surface area contributed by atoms with E-state index in [9.17, 15) is 14.4 Å². The highest BCUT2D eigenvalue weighted by Crippen LogP contribution is 2.32. The van der Waals surface area contributed by atoms with Crippen molar-refractivity contribution in [2.45, 2.75) is 44.6 Å². The van der Waals surface area contributed by atoms with Crippen LogP contribution in [0.3, 0.4) is 0 Å². The predicted octanol–water partition coefficient (Wildman–Crippen LogP) is 2.22. The zero-order chi connectivity index (χ0) is 21.3. The molecule has 3 N–H and O–H groups in total. The van der Waals surface area contributed by atoms with E-state index in [0.29, 0.717) is 17.4 Å². The second-order valence-electron chi connectivity index (χ2n) is 7.68. The molecule has 1 fully saturated rings. The summed E-state index contributed by atoms with van der Waals surface area (Å²) < 4.78 is 5.26. The number of anilines is 3. The molecule has 1 saturated heterocycles. The lowest BCUT2D eigenvalue weighted by atomic mass is 9.92. The van der Waals surface area contributed by atoms with E-state index < -0.39 is 17.4 Å². The van der Waals surface area contributed by atoms with Crippen molar-refractivity contribution in [3.05, 3.63) is 40.2 Å². The third-order valence-electron chi connectivity index (χ3n) is 5.69. The van der Waals surface area contributed by atoms with Gasteiger partial charge < -0.3 is 20.3 Å². The van der Waals surface area contributed by atoms with Crippen LogP contribution in [0.4, 0.5) is 17.5 Å². The summed E-state index contributed by atoms with van der Waals surface area (Å²) >= 11 is 0. The third-order valence-corrected chi connectivity index (χ3v) is 5.69. The first-order chi connectivity index (χ1) is 14.5. The molecule has 0 radical (unpaired) electrons. The first-order valence-electron chi connectivity index (χ1n) is 10.1. The largest absolute Gasteiger partial charge is 0.495 e. The van der Waals surface area contributed by atoms with Crippen LogP contribution in [0.5, 0.6) is 5.75 Å². The number of hydrogen-bond acceptors (Lipinski definition) is 6. The number of rotatable bonds is 4. The van der Waals surface area contributed by atoms with Crippen molar-refractivity contribution >= 4 is 29.3 Å². The summed E-state index contributed by atoms with van der Waals surface area (Å²) in [7, 11) is 1.51. The number of nitrogens with zero attached hydrogens (tertiary/aromatic N) is 2. The maximum atomic E-state index is 13.0. The van der Waals surface area contributed by atoms with Crippen molar-refractivity contribution in [1.29, 1.82) is 0 Å². The maximum Gasteiger partial charge on any atom is 0.258 e. The third kappa shape index (κ3) is 3.74. The molecule has 0 unspecified atom stereocenters. The minimum absolute atomic E-state index is 0.127. The van der Waals surface area contributed by atoms with Crippen LogP contribution in [-0.4, -0.2) is 41.5 Å². The normalized spacial score (nSPS) is 20.9. The number of hydrogen-bond donors (Lipinski definition) is 3. The zero-order valence-electron chi connectivity index (χ0n) is 17.0. The molecule has 1 aromatic heterocycles. The molecule has 9 nitrogen and oxygen atoms in total. The first kappa shape index (κ1) is 19.9. The fraction of sp³-hybridized carbons (Fsp3) is 0.429. The summed E-state index contributed by atoms with van der Waals surface area (Å²) in [5, 5.41) is 5.43. The molecule has 158 valence electrons. The SMILES string of the molecule is COc1ccccc1NC(=O)[C@H]1CC(=O)Nc2nc(N3CCCC[C@H]3C)[nH]c(=O)c21. The second kappa shape index (κ2) is 8.17. The Labute approximate surface area is 173 Å². The lowest BCUT2D eigenvalue weighted by molar-refractivity contribution is -0.123. The number of piperidine rings is 1. The minimum Gasteiger partial charge on any atom is -0.495 e. The number of amides is 2. The molecule has 2 atom stereocenters. The molecule has 2 aliphatic rings. The fourth-order valence-corrected chi connectivity index (χ4v) is 4.10. The lowest BCUT2D eigenvalue weighted by Crippen LogP contribution is -2.42. The Kier molecular flexibility index (Phi) is 5.43. The molecule has 1 aromatic carbocycles. The van der Waals surface area contributed by atoms with E-state index in [2.05, 4.69) is 27.5 Å². The van der Waals surface area contributed by atoms with Crippen LogP contribution < -0.4 is 25.8 Å². The molecule has 2 amide bonds. The number of nitrogens with one attached hydrogen (secondary N) is 3. The second-order valence-corrected chi connectivity index (χ2v) is 7.68. The van der Waals surface area contributed by atoms with E-state index >= 15 is 0 Å². The number of aromatic nitrogens is 2. The number of methoxy groups -OCH3 is 1. The van der Waals surface area contributed by atoms with Gasteiger partial charge in [0.15, 0.2) is 0 Å². The molecule has 2 aliphatic heterocycles. The van der Waals surface area contributed by atoms with E-state index in [1.54, 1.807) is 24.3 Å². The van der Waals surface area contributed by atoms with Gasteiger partial charge in [-0.15, -0.1) is 0 Å². The van der Waals surface area contributed by atoms with E-state index in [0.717, 1.165) is 25.8 Å². The Morgan fingerprint density at radius 2 is 2.07 bits per heavy atom. The highest BCUT2D eigenvalue weighted by atomic mass is 16.5. The van der Waals surface area contributed by atoms with Crippen molar-refractivity contribution in [3.63, 3.8) is 0 Å². The van der Waals surface area contributed by atoms with Crippen LogP contribution in [0, 0.1) is 0 Å². The molecule has 30 heavy (non-hydrogen) atoms. The van der Waals surface area contributed by atoms with Gasteiger partial charge >= 0.3 is 0 Å². The van der Waals surface area contributed by atoms with E-state index in [4.69, 9.17) is 4.74 Å². The number of aromatic amines is 1. The number of carbonyl (C=O) groups is 2. The van der Waals surface area contributed by atoms with Gasteiger partial charge in [0.2, 0.25) is 17.8 Å². The van der Waals surface area contributed by atoms with E-state index in [1.807, 2.05) is 4.90 Å². The molecular weight excluding hydrogens is 386 g/mol. The monoisotopic (exact) mass is 411 g/mol. The van der Waals surface area contributed by atoms with Gasteiger partial charge in [0.25, 0.3) is 5.56 Å². The van der Waals surface area contributed by atoms with Gasteiger partial charge in [0.1, 0.15) is 11.6 Å². The summed E-state index contributed by atoms with van der Waals surface area (Å²) in [5.74, 6) is -0.670. The van der Waals surface area contributed by atoms with Crippen LogP contribution in [-0.2, 0) is 9.59 Å². The van der Waals surface area contributed by atoms with Gasteiger partial charge in [-0.1, -0.05) is 12.1 Å². The number of benzene rings is 1. The van der Waals surface area contributed by atoms with Crippen LogP contribution in [0.25, 0.3) is 0 Å². The van der Waals surface area contributed by atoms with Gasteiger partial charge in [-0.05, 0) is 38.3 Å². The number of ether oxygens (including phenoxy) is 1. The van der Waals surface area contributed by atoms with E-state index in [-0.39, 0.29) is 29.8 Å². The Hall–Kier alpha value is -3.36. The Balaban J connectivity index is 1.67. The molecule has 0 bridgehead atoms. The van der Waals surface area contributed by atoms with Crippen molar-refractivity contribution < 1.29 is 14.3 Å². The van der Waals surface area contributed by atoms with Crippen LogP contribution in [0.1, 0.15) is 44.1 Å². The van der Waals surface area contributed by atoms with Gasteiger partial charge in [0, 0.05) is 19.0 Å². The summed E-state index contributed by atoms with van der Waals surface area (Å²) in [6, 6.07) is 7.21. The molecule has 4 rings (SSSR count). The Morgan fingerprint density at radius 3 is 2.83 bits per heavy atom. The average molecular weight is 411 g/mol. The molecule has 2 aromatic rings. The van der Waals surface area contributed by atoms with Crippen LogP contribution in [0.15, 0.2) is 29.1 Å². The quantitative estimate of drug-likeness (QED) is 0.710. The van der Waals surface area contributed by atoms with Crippen LogP contribution >= 0.6 is 0 Å². The number of H-pyrrole nitrogens is 1. The number of para-hydroxylation sites is 2. The lowest BCUT2D eigenvalue weighted by Gasteiger charge is -2.34. The standard InChI is InChI=1S/C21H25N5O4/c1-12-7-5-6-10-26(12)21-24-18-17(20(29)25-21)13(11-16(27)23-18)19(28)22-14-8-3-4-9-15(14)30-2/h3-4,8-9,12-13H,5-7,10-11H2,1-2H3,(H,22,28)(H2,23,24,25,27,29)/t12-,13+/m1/s1. The highest BCUT2D eigenvalue weighted by molar-refractivity contribution is 6.04. The zero-order valence-corrected chi connectivity index (χ0v) is 17.0. The Bertz CT molecular complexity index is 1030. The highest BCUT2D eigenvalue weighted by Gasteiger charge is 2.35. The maximum absolute atomic E-state index is 13.0. The molecule has 9 heteroatoms. The van der Waals surface area contributed by atoms with E-state index in [1.165, 1.54) is 7.11 Å². The van der Waals surface area contributed by atoms with Gasteiger partial charge in [-0.3, -0.25) is 19.4 Å². The van der Waals surface area contributed by atoms with Crippen molar-refractivity contribution in [2.75, 3.05) is 29.2 Å². The van der Waals surface area contributed by atoms with Crippen LogP contribution in [0.2, 0.25) is 0 Å². The van der Waals surface area contributed by atoms with Crippen molar-refractivity contribution in [2.24, 2.45) is 0 Å². The topological polar surface area (TPSA) is 116 Å². The molecule has 0 spiro atoms. The molecular formula is C21H25N5O4.